The van der Waals surface area contributed by atoms with Gasteiger partial charge in [-0.05, 0) is 38.5 Å². The van der Waals surface area contributed by atoms with E-state index in [2.05, 4.69) is 19.2 Å². The Hall–Kier alpha value is -1.10. The number of nitrogens with one attached hydrogen (secondary N) is 1. The Morgan fingerprint density at radius 1 is 1.38 bits per heavy atom. The quantitative estimate of drug-likeness (QED) is 0.840. The Bertz CT molecular complexity index is 378. The topological polar surface area (TPSA) is 58.6 Å². The van der Waals surface area contributed by atoms with Crippen molar-refractivity contribution in [3.05, 3.63) is 0 Å². The molecule has 2 fully saturated rings. The molecule has 0 spiro atoms. The maximum Gasteiger partial charge on any atom is 0.245 e. The summed E-state index contributed by atoms with van der Waals surface area (Å²) in [7, 11) is 0. The fourth-order valence-electron chi connectivity index (χ4n) is 3.23. The summed E-state index contributed by atoms with van der Waals surface area (Å²) in [5, 5.41) is 2.89. The van der Waals surface area contributed by atoms with Crippen LogP contribution < -0.4 is 5.32 Å². The van der Waals surface area contributed by atoms with Crippen LogP contribution in [0.5, 0.6) is 0 Å². The van der Waals surface area contributed by atoms with E-state index < -0.39 is 0 Å². The van der Waals surface area contributed by atoms with Crippen LogP contribution in [0.3, 0.4) is 0 Å². The van der Waals surface area contributed by atoms with Crippen molar-refractivity contribution in [3.63, 3.8) is 0 Å². The Labute approximate surface area is 127 Å². The molecule has 2 amide bonds. The van der Waals surface area contributed by atoms with Gasteiger partial charge < -0.3 is 15.0 Å². The Balaban J connectivity index is 2.00. The summed E-state index contributed by atoms with van der Waals surface area (Å²) in [6.45, 7) is 7.64. The second kappa shape index (κ2) is 7.25. The molecule has 3 atom stereocenters. The second-order valence-corrected chi connectivity index (χ2v) is 6.76. The molecule has 21 heavy (non-hydrogen) atoms. The molecule has 2 aliphatic heterocycles. The molecule has 0 saturated carbocycles. The monoisotopic (exact) mass is 296 g/mol. The molecule has 0 aromatic rings. The van der Waals surface area contributed by atoms with E-state index in [1.165, 1.54) is 0 Å². The Morgan fingerprint density at radius 3 is 2.76 bits per heavy atom. The lowest BCUT2D eigenvalue weighted by molar-refractivity contribution is -0.135. The zero-order valence-electron chi connectivity index (χ0n) is 13.4. The minimum Gasteiger partial charge on any atom is -0.378 e. The number of ether oxygens (including phenoxy) is 1. The van der Waals surface area contributed by atoms with Crippen LogP contribution in [0.25, 0.3) is 0 Å². The summed E-state index contributed by atoms with van der Waals surface area (Å²) in [5.74, 6) is 0.439. The van der Waals surface area contributed by atoms with Crippen LogP contribution in [0.2, 0.25) is 0 Å². The van der Waals surface area contributed by atoms with Crippen LogP contribution in [0.1, 0.15) is 52.9 Å². The SMILES string of the molecule is CC(C)CC1NC(=O)CC(C)N(CCC2CCCO2)C1=O. The molecular weight excluding hydrogens is 268 g/mol. The number of carbonyl (C=O) groups is 2. The van der Waals surface area contributed by atoms with Gasteiger partial charge in [0.25, 0.3) is 0 Å². The van der Waals surface area contributed by atoms with Crippen molar-refractivity contribution in [1.29, 1.82) is 0 Å². The highest BCUT2D eigenvalue weighted by Gasteiger charge is 2.34. The standard InChI is InChI=1S/C16H28N2O3/c1-11(2)9-14-16(20)18(12(3)10-15(19)17-14)7-6-13-5-4-8-21-13/h11-14H,4-10H2,1-3H3,(H,17,19). The largest absolute Gasteiger partial charge is 0.378 e. The van der Waals surface area contributed by atoms with Crippen molar-refractivity contribution in [2.24, 2.45) is 5.92 Å². The first-order chi connectivity index (χ1) is 9.97. The fraction of sp³-hybridized carbons (Fsp3) is 0.875. The van der Waals surface area contributed by atoms with Gasteiger partial charge in [-0.25, -0.2) is 0 Å². The average molecular weight is 296 g/mol. The van der Waals surface area contributed by atoms with Gasteiger partial charge in [0.05, 0.1) is 6.10 Å². The molecule has 0 aromatic carbocycles. The first kappa shape index (κ1) is 16.3. The summed E-state index contributed by atoms with van der Waals surface area (Å²) in [4.78, 5) is 26.5. The van der Waals surface area contributed by atoms with E-state index in [1.54, 1.807) is 0 Å². The van der Waals surface area contributed by atoms with Gasteiger partial charge in [0, 0.05) is 25.6 Å². The molecule has 2 heterocycles. The van der Waals surface area contributed by atoms with Crippen LogP contribution >= 0.6 is 0 Å². The normalized spacial score (nSPS) is 30.7. The summed E-state index contributed by atoms with van der Waals surface area (Å²) >= 11 is 0. The number of rotatable bonds is 5. The van der Waals surface area contributed by atoms with Crippen LogP contribution in [-0.4, -0.2) is 48.1 Å². The lowest BCUT2D eigenvalue weighted by Crippen LogP contribution is -2.47. The maximum absolute atomic E-state index is 12.7. The zero-order chi connectivity index (χ0) is 15.4. The van der Waals surface area contributed by atoms with Crippen molar-refractivity contribution < 1.29 is 14.3 Å². The predicted octanol–water partition coefficient (Wildman–Crippen LogP) is 1.71. The lowest BCUT2D eigenvalue weighted by Gasteiger charge is -2.30. The van der Waals surface area contributed by atoms with Gasteiger partial charge in [-0.15, -0.1) is 0 Å². The van der Waals surface area contributed by atoms with Crippen LogP contribution in [0.4, 0.5) is 0 Å². The van der Waals surface area contributed by atoms with Crippen LogP contribution in [0, 0.1) is 5.92 Å². The molecule has 0 aromatic heterocycles. The van der Waals surface area contributed by atoms with Crippen molar-refractivity contribution in [2.75, 3.05) is 13.2 Å². The van der Waals surface area contributed by atoms with Crippen molar-refractivity contribution >= 4 is 11.8 Å². The van der Waals surface area contributed by atoms with E-state index in [0.29, 0.717) is 25.3 Å². The summed E-state index contributed by atoms with van der Waals surface area (Å²) in [6, 6.07) is -0.400. The second-order valence-electron chi connectivity index (χ2n) is 6.76. The molecule has 2 saturated heterocycles. The van der Waals surface area contributed by atoms with Crippen molar-refractivity contribution in [3.8, 4) is 0 Å². The highest BCUT2D eigenvalue weighted by molar-refractivity contribution is 5.90. The average Bonchev–Trinajstić information content (AvgIpc) is 2.87. The Morgan fingerprint density at radius 2 is 2.14 bits per heavy atom. The summed E-state index contributed by atoms with van der Waals surface area (Å²) in [6.07, 6.45) is 4.45. The minimum atomic E-state index is -0.369. The predicted molar refractivity (Wildman–Crippen MR) is 80.8 cm³/mol. The number of hydrogen-bond acceptors (Lipinski definition) is 3. The fourth-order valence-corrected chi connectivity index (χ4v) is 3.23. The van der Waals surface area contributed by atoms with E-state index in [4.69, 9.17) is 4.74 Å². The van der Waals surface area contributed by atoms with Gasteiger partial charge in [-0.1, -0.05) is 13.8 Å². The molecule has 3 unspecified atom stereocenters. The van der Waals surface area contributed by atoms with Crippen LogP contribution in [-0.2, 0) is 14.3 Å². The third-order valence-electron chi connectivity index (χ3n) is 4.35. The van der Waals surface area contributed by atoms with Gasteiger partial charge in [-0.2, -0.15) is 0 Å². The molecule has 5 heteroatoms. The third kappa shape index (κ3) is 4.43. The minimum absolute atomic E-state index is 0.0129. The zero-order valence-corrected chi connectivity index (χ0v) is 13.4. The van der Waals surface area contributed by atoms with E-state index in [-0.39, 0.29) is 30.0 Å². The van der Waals surface area contributed by atoms with Gasteiger partial charge in [0.2, 0.25) is 11.8 Å². The molecule has 0 bridgehead atoms. The number of hydrogen-bond donors (Lipinski definition) is 1. The first-order valence-electron chi connectivity index (χ1n) is 8.18. The van der Waals surface area contributed by atoms with Crippen LogP contribution in [0.15, 0.2) is 0 Å². The maximum atomic E-state index is 12.7. The third-order valence-corrected chi connectivity index (χ3v) is 4.35. The summed E-state index contributed by atoms with van der Waals surface area (Å²) < 4.78 is 5.64. The summed E-state index contributed by atoms with van der Waals surface area (Å²) in [5.41, 5.74) is 0. The van der Waals surface area contributed by atoms with Crippen molar-refractivity contribution in [1.82, 2.24) is 10.2 Å². The molecule has 2 aliphatic rings. The van der Waals surface area contributed by atoms with Gasteiger partial charge in [-0.3, -0.25) is 9.59 Å². The molecular formula is C16H28N2O3. The highest BCUT2D eigenvalue weighted by Crippen LogP contribution is 2.20. The van der Waals surface area contributed by atoms with E-state index >= 15 is 0 Å². The highest BCUT2D eigenvalue weighted by atomic mass is 16.5. The molecule has 120 valence electrons. The van der Waals surface area contributed by atoms with E-state index in [1.807, 2.05) is 11.8 Å². The molecule has 2 rings (SSSR count). The van der Waals surface area contributed by atoms with E-state index in [9.17, 15) is 9.59 Å². The molecule has 5 nitrogen and oxygen atoms in total. The van der Waals surface area contributed by atoms with Gasteiger partial charge in [0.15, 0.2) is 0 Å². The first-order valence-corrected chi connectivity index (χ1v) is 8.18. The lowest BCUT2D eigenvalue weighted by atomic mass is 10.0. The Kier molecular flexibility index (Phi) is 5.62. The molecule has 1 N–H and O–H groups in total. The van der Waals surface area contributed by atoms with E-state index in [0.717, 1.165) is 25.9 Å². The van der Waals surface area contributed by atoms with Gasteiger partial charge >= 0.3 is 0 Å². The molecule has 0 aliphatic carbocycles. The number of carbonyl (C=O) groups excluding carboxylic acids is 2. The molecule has 0 radical (unpaired) electrons. The number of nitrogens with zero attached hydrogens (tertiary/aromatic N) is 1. The smallest absolute Gasteiger partial charge is 0.245 e. The van der Waals surface area contributed by atoms with Gasteiger partial charge in [0.1, 0.15) is 6.04 Å². The van der Waals surface area contributed by atoms with Crippen molar-refractivity contribution in [2.45, 2.75) is 71.1 Å². The number of amides is 2.